The highest BCUT2D eigenvalue weighted by atomic mass is 79.9. The number of nitrogens with zero attached hydrogens (tertiary/aromatic N) is 1. The molecule has 1 unspecified atom stereocenters. The quantitative estimate of drug-likeness (QED) is 0.436. The summed E-state index contributed by atoms with van der Waals surface area (Å²) in [5.41, 5.74) is 2.12. The lowest BCUT2D eigenvalue weighted by Gasteiger charge is -2.29. The second-order valence-electron chi connectivity index (χ2n) is 8.12. The highest BCUT2D eigenvalue weighted by Gasteiger charge is 2.27. The molecule has 1 N–H and O–H groups in total. The second-order valence-corrected chi connectivity index (χ2v) is 9.89. The highest BCUT2D eigenvalue weighted by Crippen LogP contribution is 2.29. The molecule has 2 rings (SSSR count). The molecule has 0 spiro atoms. The van der Waals surface area contributed by atoms with Crippen LogP contribution in [0.2, 0.25) is 0 Å². The Morgan fingerprint density at radius 2 is 1.65 bits per heavy atom. The van der Waals surface area contributed by atoms with E-state index in [1.807, 2.05) is 56.3 Å². The van der Waals surface area contributed by atoms with Crippen molar-refractivity contribution < 1.29 is 14.3 Å². The van der Waals surface area contributed by atoms with Gasteiger partial charge in [0.05, 0.1) is 4.47 Å². The van der Waals surface area contributed by atoms with Crippen molar-refractivity contribution in [3.8, 4) is 5.75 Å². The first-order valence-corrected chi connectivity index (χ1v) is 11.9. The van der Waals surface area contributed by atoms with Crippen molar-refractivity contribution >= 4 is 43.7 Å². The molecule has 7 heteroatoms. The van der Waals surface area contributed by atoms with Crippen LogP contribution in [0.4, 0.5) is 0 Å². The lowest BCUT2D eigenvalue weighted by atomic mass is 10.0. The molecule has 31 heavy (non-hydrogen) atoms. The average molecular weight is 554 g/mol. The van der Waals surface area contributed by atoms with E-state index in [4.69, 9.17) is 4.74 Å². The topological polar surface area (TPSA) is 58.6 Å². The van der Waals surface area contributed by atoms with Crippen molar-refractivity contribution in [2.24, 2.45) is 0 Å². The van der Waals surface area contributed by atoms with E-state index in [0.717, 1.165) is 14.5 Å². The molecule has 2 aromatic carbocycles. The van der Waals surface area contributed by atoms with Gasteiger partial charge in [0.1, 0.15) is 11.8 Å². The van der Waals surface area contributed by atoms with Crippen LogP contribution in [0, 0.1) is 0 Å². The van der Waals surface area contributed by atoms with Gasteiger partial charge in [-0.25, -0.2) is 0 Å². The first-order valence-electron chi connectivity index (χ1n) is 10.3. The SMILES string of the molecule is CC(C)NC(=O)C(C)N(Cc1ccc(Br)cc1)C(=O)COc1ccc(C(C)C)cc1Br. The van der Waals surface area contributed by atoms with Crippen LogP contribution >= 0.6 is 31.9 Å². The van der Waals surface area contributed by atoms with E-state index in [1.165, 1.54) is 5.56 Å². The van der Waals surface area contributed by atoms with E-state index < -0.39 is 6.04 Å². The zero-order valence-electron chi connectivity index (χ0n) is 18.6. The molecular weight excluding hydrogens is 524 g/mol. The van der Waals surface area contributed by atoms with Crippen LogP contribution in [0.3, 0.4) is 0 Å². The van der Waals surface area contributed by atoms with Gasteiger partial charge in [0.2, 0.25) is 5.91 Å². The van der Waals surface area contributed by atoms with Crippen LogP contribution in [0.5, 0.6) is 5.75 Å². The third-order valence-electron chi connectivity index (χ3n) is 4.84. The summed E-state index contributed by atoms with van der Waals surface area (Å²) < 4.78 is 7.56. The molecule has 0 radical (unpaired) electrons. The molecule has 0 aliphatic carbocycles. The van der Waals surface area contributed by atoms with E-state index in [9.17, 15) is 9.59 Å². The Bertz CT molecular complexity index is 898. The average Bonchev–Trinajstić information content (AvgIpc) is 2.71. The van der Waals surface area contributed by atoms with Crippen molar-refractivity contribution in [2.75, 3.05) is 6.61 Å². The van der Waals surface area contributed by atoms with Crippen molar-refractivity contribution in [2.45, 2.75) is 59.2 Å². The van der Waals surface area contributed by atoms with Crippen LogP contribution in [0.1, 0.15) is 51.7 Å². The normalized spacial score (nSPS) is 12.0. The minimum absolute atomic E-state index is 0.00809. The van der Waals surface area contributed by atoms with Crippen LogP contribution < -0.4 is 10.1 Å². The highest BCUT2D eigenvalue weighted by molar-refractivity contribution is 9.10. The minimum atomic E-state index is -0.631. The molecular formula is C24H30Br2N2O3. The maximum absolute atomic E-state index is 13.1. The third kappa shape index (κ3) is 7.65. The lowest BCUT2D eigenvalue weighted by Crippen LogP contribution is -2.50. The van der Waals surface area contributed by atoms with E-state index >= 15 is 0 Å². The van der Waals surface area contributed by atoms with Crippen molar-refractivity contribution in [3.63, 3.8) is 0 Å². The summed E-state index contributed by atoms with van der Waals surface area (Å²) in [5, 5.41) is 2.88. The van der Waals surface area contributed by atoms with Crippen molar-refractivity contribution in [1.82, 2.24) is 10.2 Å². The number of halogens is 2. The van der Waals surface area contributed by atoms with E-state index in [0.29, 0.717) is 18.2 Å². The maximum atomic E-state index is 13.1. The molecule has 0 aliphatic rings. The number of amides is 2. The number of rotatable bonds is 9. The molecule has 0 saturated carbocycles. The van der Waals surface area contributed by atoms with Gasteiger partial charge in [-0.15, -0.1) is 0 Å². The van der Waals surface area contributed by atoms with E-state index in [-0.39, 0.29) is 24.5 Å². The summed E-state index contributed by atoms with van der Waals surface area (Å²) in [6.07, 6.45) is 0. The Kier molecular flexibility index (Phi) is 9.56. The maximum Gasteiger partial charge on any atom is 0.261 e. The van der Waals surface area contributed by atoms with Crippen LogP contribution in [-0.2, 0) is 16.1 Å². The van der Waals surface area contributed by atoms with Gasteiger partial charge in [-0.3, -0.25) is 9.59 Å². The summed E-state index contributed by atoms with van der Waals surface area (Å²) in [6, 6.07) is 12.9. The molecule has 2 aromatic rings. The predicted molar refractivity (Wildman–Crippen MR) is 131 cm³/mol. The number of hydrogen-bond acceptors (Lipinski definition) is 3. The summed E-state index contributed by atoms with van der Waals surface area (Å²) >= 11 is 6.95. The standard InChI is InChI=1S/C24H30Br2N2O3/c1-15(2)19-8-11-22(21(26)12-19)31-14-23(29)28(17(5)24(30)27-16(3)4)13-18-6-9-20(25)10-7-18/h6-12,15-17H,13-14H2,1-5H3,(H,27,30). The molecule has 0 aliphatic heterocycles. The van der Waals surface area contributed by atoms with Gasteiger partial charge in [0.15, 0.2) is 6.61 Å². The van der Waals surface area contributed by atoms with Crippen LogP contribution in [0.25, 0.3) is 0 Å². The Labute approximate surface area is 201 Å². The molecule has 0 fully saturated rings. The molecule has 1 atom stereocenters. The fourth-order valence-electron chi connectivity index (χ4n) is 2.99. The number of carbonyl (C=O) groups excluding carboxylic acids is 2. The monoisotopic (exact) mass is 552 g/mol. The summed E-state index contributed by atoms with van der Waals surface area (Å²) in [5.74, 6) is 0.548. The number of benzene rings is 2. The van der Waals surface area contributed by atoms with Crippen molar-refractivity contribution in [3.05, 3.63) is 62.5 Å². The van der Waals surface area contributed by atoms with Gasteiger partial charge >= 0.3 is 0 Å². The second kappa shape index (κ2) is 11.7. The molecule has 0 heterocycles. The van der Waals surface area contributed by atoms with Gasteiger partial charge in [0, 0.05) is 17.1 Å². The van der Waals surface area contributed by atoms with Gasteiger partial charge in [0.25, 0.3) is 5.91 Å². The van der Waals surface area contributed by atoms with Crippen LogP contribution in [-0.4, -0.2) is 35.4 Å². The molecule has 2 amide bonds. The zero-order chi connectivity index (χ0) is 23.1. The van der Waals surface area contributed by atoms with E-state index in [2.05, 4.69) is 51.0 Å². The number of ether oxygens (including phenoxy) is 1. The molecule has 5 nitrogen and oxygen atoms in total. The number of carbonyl (C=O) groups is 2. The number of nitrogens with one attached hydrogen (secondary N) is 1. The van der Waals surface area contributed by atoms with Gasteiger partial charge in [-0.2, -0.15) is 0 Å². The summed E-state index contributed by atoms with van der Waals surface area (Å²) in [6.45, 7) is 9.93. The molecule has 168 valence electrons. The van der Waals surface area contributed by atoms with Gasteiger partial charge in [-0.05, 0) is 78.0 Å². The summed E-state index contributed by atoms with van der Waals surface area (Å²) in [4.78, 5) is 27.3. The number of hydrogen-bond donors (Lipinski definition) is 1. The lowest BCUT2D eigenvalue weighted by molar-refractivity contribution is -0.142. The third-order valence-corrected chi connectivity index (χ3v) is 5.99. The molecule has 0 bridgehead atoms. The fourth-order valence-corrected chi connectivity index (χ4v) is 3.77. The zero-order valence-corrected chi connectivity index (χ0v) is 21.8. The first kappa shape index (κ1) is 25.4. The van der Waals surface area contributed by atoms with E-state index in [1.54, 1.807) is 11.8 Å². The van der Waals surface area contributed by atoms with Gasteiger partial charge in [-0.1, -0.05) is 48.0 Å². The molecule has 0 aromatic heterocycles. The smallest absolute Gasteiger partial charge is 0.261 e. The largest absolute Gasteiger partial charge is 0.483 e. The Hall–Kier alpha value is -1.86. The summed E-state index contributed by atoms with van der Waals surface area (Å²) in [7, 11) is 0. The minimum Gasteiger partial charge on any atom is -0.483 e. The van der Waals surface area contributed by atoms with Crippen LogP contribution in [0.15, 0.2) is 51.4 Å². The predicted octanol–water partition coefficient (Wildman–Crippen LogP) is 5.66. The van der Waals surface area contributed by atoms with Crippen molar-refractivity contribution in [1.29, 1.82) is 0 Å². The molecule has 0 saturated heterocycles. The first-order chi connectivity index (χ1) is 14.6. The Morgan fingerprint density at radius 1 is 1.00 bits per heavy atom. The Balaban J connectivity index is 2.16. The Morgan fingerprint density at radius 3 is 2.19 bits per heavy atom. The fraction of sp³-hybridized carbons (Fsp3) is 0.417. The van der Waals surface area contributed by atoms with Gasteiger partial charge < -0.3 is 15.0 Å².